The number of nitrogens with zero attached hydrogens (tertiary/aromatic N) is 1. The predicted octanol–water partition coefficient (Wildman–Crippen LogP) is 3.42. The molecule has 2 amide bonds. The zero-order chi connectivity index (χ0) is 14.4. The van der Waals surface area contributed by atoms with E-state index in [0.29, 0.717) is 12.2 Å². The fraction of sp³-hybridized carbons (Fsp3) is 0.188. The molecule has 1 atom stereocenters. The van der Waals surface area contributed by atoms with Gasteiger partial charge < -0.3 is 5.32 Å². The Morgan fingerprint density at radius 3 is 2.26 bits per heavy atom. The van der Waals surface area contributed by atoms with Crippen LogP contribution in [0, 0.1) is 0 Å². The number of anilines is 1. The van der Waals surface area contributed by atoms with Gasteiger partial charge in [0.1, 0.15) is 0 Å². The standard InChI is InChI=1S/C16H18N2O/c1-2-17-16(19)18(15-11-7-4-8-12-15)13-14-9-5-3-6-10-14/h3-12H,2,13H2,1H3,(H,17,19)/i13D. The van der Waals surface area contributed by atoms with E-state index < -0.39 is 6.52 Å². The molecule has 2 aromatic carbocycles. The summed E-state index contributed by atoms with van der Waals surface area (Å²) in [6.45, 7) is 1.62. The van der Waals surface area contributed by atoms with Gasteiger partial charge in [-0.2, -0.15) is 0 Å². The average molecular weight is 255 g/mol. The van der Waals surface area contributed by atoms with Gasteiger partial charge in [-0.3, -0.25) is 4.90 Å². The summed E-state index contributed by atoms with van der Waals surface area (Å²) in [5, 5.41) is 2.76. The Hall–Kier alpha value is -2.29. The number of hydrogen-bond donors (Lipinski definition) is 1. The van der Waals surface area contributed by atoms with Crippen molar-refractivity contribution in [2.45, 2.75) is 13.4 Å². The van der Waals surface area contributed by atoms with Crippen LogP contribution in [0.3, 0.4) is 0 Å². The number of para-hydroxylation sites is 1. The highest BCUT2D eigenvalue weighted by molar-refractivity contribution is 5.91. The summed E-state index contributed by atoms with van der Waals surface area (Å²) in [6, 6.07) is 18.4. The van der Waals surface area contributed by atoms with Crippen LogP contribution < -0.4 is 10.2 Å². The van der Waals surface area contributed by atoms with Crippen molar-refractivity contribution in [1.82, 2.24) is 5.32 Å². The van der Waals surface area contributed by atoms with E-state index in [0.717, 1.165) is 5.56 Å². The van der Waals surface area contributed by atoms with Crippen LogP contribution in [-0.4, -0.2) is 12.6 Å². The Bertz CT molecular complexity index is 545. The monoisotopic (exact) mass is 255 g/mol. The zero-order valence-electron chi connectivity index (χ0n) is 11.9. The first-order chi connectivity index (χ1) is 9.74. The van der Waals surface area contributed by atoms with Crippen molar-refractivity contribution >= 4 is 11.7 Å². The highest BCUT2D eigenvalue weighted by Crippen LogP contribution is 2.16. The minimum Gasteiger partial charge on any atom is -0.338 e. The largest absolute Gasteiger partial charge is 0.338 e. The van der Waals surface area contributed by atoms with Crippen molar-refractivity contribution in [2.75, 3.05) is 11.4 Å². The molecule has 19 heavy (non-hydrogen) atoms. The second-order valence-electron chi connectivity index (χ2n) is 4.08. The van der Waals surface area contributed by atoms with Gasteiger partial charge in [0, 0.05) is 12.2 Å². The maximum atomic E-state index is 12.3. The lowest BCUT2D eigenvalue weighted by atomic mass is 10.2. The van der Waals surface area contributed by atoms with E-state index in [9.17, 15) is 4.79 Å². The minimum absolute atomic E-state index is 0.262. The number of carbonyl (C=O) groups is 1. The van der Waals surface area contributed by atoms with E-state index in [1.54, 1.807) is 0 Å². The van der Waals surface area contributed by atoms with Gasteiger partial charge in [-0.05, 0) is 24.6 Å². The van der Waals surface area contributed by atoms with Gasteiger partial charge in [-0.1, -0.05) is 48.5 Å². The molecular formula is C16H18N2O. The third-order valence-corrected chi connectivity index (χ3v) is 2.66. The Kier molecular flexibility index (Phi) is 4.09. The summed E-state index contributed by atoms with van der Waals surface area (Å²) in [5.41, 5.74) is 1.49. The second-order valence-corrected chi connectivity index (χ2v) is 4.08. The number of rotatable bonds is 4. The average Bonchev–Trinajstić information content (AvgIpc) is 2.50. The van der Waals surface area contributed by atoms with Crippen LogP contribution in [0.2, 0.25) is 0 Å². The van der Waals surface area contributed by atoms with Crippen molar-refractivity contribution in [3.63, 3.8) is 0 Å². The zero-order valence-corrected chi connectivity index (χ0v) is 10.9. The number of urea groups is 1. The van der Waals surface area contributed by atoms with Gasteiger partial charge in [0.15, 0.2) is 0 Å². The molecule has 1 N–H and O–H groups in total. The molecule has 0 aliphatic carbocycles. The molecule has 2 aromatic rings. The molecular weight excluding hydrogens is 236 g/mol. The molecule has 0 saturated carbocycles. The van der Waals surface area contributed by atoms with Crippen molar-refractivity contribution in [2.24, 2.45) is 0 Å². The fourth-order valence-corrected chi connectivity index (χ4v) is 1.76. The highest BCUT2D eigenvalue weighted by atomic mass is 16.2. The molecule has 3 nitrogen and oxygen atoms in total. The van der Waals surface area contributed by atoms with Crippen molar-refractivity contribution < 1.29 is 6.17 Å². The molecule has 1 unspecified atom stereocenters. The Morgan fingerprint density at radius 2 is 1.68 bits per heavy atom. The topological polar surface area (TPSA) is 32.3 Å². The van der Waals surface area contributed by atoms with E-state index in [1.165, 1.54) is 4.90 Å². The third-order valence-electron chi connectivity index (χ3n) is 2.66. The lowest BCUT2D eigenvalue weighted by Gasteiger charge is -2.23. The normalized spacial score (nSPS) is 12.4. The molecule has 0 saturated heterocycles. The van der Waals surface area contributed by atoms with Crippen LogP contribution in [0.25, 0.3) is 0 Å². The minimum atomic E-state index is -0.773. The van der Waals surface area contributed by atoms with E-state index >= 15 is 0 Å². The highest BCUT2D eigenvalue weighted by Gasteiger charge is 2.14. The van der Waals surface area contributed by atoms with Crippen molar-refractivity contribution in [3.05, 3.63) is 66.2 Å². The Morgan fingerprint density at radius 1 is 1.11 bits per heavy atom. The molecule has 0 aromatic heterocycles. The molecule has 0 fully saturated rings. The molecule has 3 heteroatoms. The summed E-state index contributed by atoms with van der Waals surface area (Å²) in [4.78, 5) is 13.7. The summed E-state index contributed by atoms with van der Waals surface area (Å²) in [5.74, 6) is 0. The summed E-state index contributed by atoms with van der Waals surface area (Å²) >= 11 is 0. The van der Waals surface area contributed by atoms with E-state index in [-0.39, 0.29) is 6.03 Å². The van der Waals surface area contributed by atoms with Crippen LogP contribution in [0.1, 0.15) is 13.9 Å². The molecule has 0 bridgehead atoms. The van der Waals surface area contributed by atoms with Crippen molar-refractivity contribution in [3.8, 4) is 0 Å². The van der Waals surface area contributed by atoms with Crippen LogP contribution in [-0.2, 0) is 6.52 Å². The molecule has 0 heterocycles. The first kappa shape index (κ1) is 11.8. The Balaban J connectivity index is 2.34. The molecule has 98 valence electrons. The van der Waals surface area contributed by atoms with E-state index in [2.05, 4.69) is 5.32 Å². The summed E-state index contributed by atoms with van der Waals surface area (Å²) in [7, 11) is 0. The number of hydrogen-bond acceptors (Lipinski definition) is 1. The van der Waals surface area contributed by atoms with E-state index in [4.69, 9.17) is 1.37 Å². The van der Waals surface area contributed by atoms with Crippen LogP contribution in [0.5, 0.6) is 0 Å². The summed E-state index contributed by atoms with van der Waals surface area (Å²) in [6.07, 6.45) is 0. The van der Waals surface area contributed by atoms with Gasteiger partial charge >= 0.3 is 6.03 Å². The maximum absolute atomic E-state index is 12.3. The SMILES string of the molecule is [2H]C(c1ccccc1)N(C(=O)NCC)c1ccccc1. The first-order valence-electron chi connectivity index (χ1n) is 6.91. The lowest BCUT2D eigenvalue weighted by Crippen LogP contribution is -2.39. The lowest BCUT2D eigenvalue weighted by molar-refractivity contribution is 0.246. The van der Waals surface area contributed by atoms with E-state index in [1.807, 2.05) is 67.6 Å². The van der Waals surface area contributed by atoms with Gasteiger partial charge in [0.25, 0.3) is 0 Å². The number of benzene rings is 2. The Labute approximate surface area is 115 Å². The maximum Gasteiger partial charge on any atom is 0.322 e. The van der Waals surface area contributed by atoms with Gasteiger partial charge in [-0.15, -0.1) is 0 Å². The number of amides is 2. The van der Waals surface area contributed by atoms with Gasteiger partial charge in [-0.25, -0.2) is 4.79 Å². The van der Waals surface area contributed by atoms with Crippen molar-refractivity contribution in [1.29, 1.82) is 0 Å². The molecule has 0 aliphatic heterocycles. The van der Waals surface area contributed by atoms with Crippen LogP contribution in [0.15, 0.2) is 60.7 Å². The van der Waals surface area contributed by atoms with Crippen LogP contribution in [0.4, 0.5) is 10.5 Å². The molecule has 0 radical (unpaired) electrons. The number of nitrogens with one attached hydrogen (secondary N) is 1. The number of carbonyl (C=O) groups excluding carboxylic acids is 1. The summed E-state index contributed by atoms with van der Waals surface area (Å²) < 4.78 is 8.38. The van der Waals surface area contributed by atoms with Gasteiger partial charge in [0.2, 0.25) is 0 Å². The molecule has 0 spiro atoms. The third kappa shape index (κ3) is 3.58. The van der Waals surface area contributed by atoms with Crippen LogP contribution >= 0.6 is 0 Å². The quantitative estimate of drug-likeness (QED) is 0.892. The predicted molar refractivity (Wildman–Crippen MR) is 78.1 cm³/mol. The molecule has 0 aliphatic rings. The van der Waals surface area contributed by atoms with Gasteiger partial charge in [0.05, 0.1) is 7.89 Å². The first-order valence-corrected chi connectivity index (χ1v) is 6.33. The smallest absolute Gasteiger partial charge is 0.322 e. The second kappa shape index (κ2) is 6.59. The molecule has 2 rings (SSSR count). The fourth-order valence-electron chi connectivity index (χ4n) is 1.76.